The van der Waals surface area contributed by atoms with Crippen LogP contribution in [0.15, 0.2) is 419 Å². The third kappa shape index (κ3) is 22.2. The first kappa shape index (κ1) is 77.0. The van der Waals surface area contributed by atoms with Crippen LogP contribution in [-0.2, 0) is 5.41 Å². The lowest BCUT2D eigenvalue weighted by molar-refractivity contribution is 0.131. The van der Waals surface area contributed by atoms with Crippen LogP contribution in [0.5, 0.6) is 11.5 Å². The number of anilines is 15. The van der Waals surface area contributed by atoms with Crippen molar-refractivity contribution in [3.8, 4) is 11.5 Å². The minimum Gasteiger partial charge on any atom is -0.497 e. The lowest BCUT2D eigenvalue weighted by Crippen LogP contribution is -2.22. The average Bonchev–Trinajstić information content (AvgIpc) is 0.855. The second-order valence-electron chi connectivity index (χ2n) is 28.4. The Morgan fingerprint density at radius 2 is 0.339 bits per heavy atom. The number of rotatable bonds is 17. The molecule has 15 aromatic rings. The van der Waals surface area contributed by atoms with Gasteiger partial charge in [0.05, 0.1) is 7.11 Å². The van der Waals surface area contributed by atoms with E-state index in [9.17, 15) is 0 Å². The molecule has 0 heterocycles. The fourth-order valence-corrected chi connectivity index (χ4v) is 12.4. The first-order valence-electron chi connectivity index (χ1n) is 37.2. The predicted octanol–water partition coefficient (Wildman–Crippen LogP) is 29.2. The first-order valence-corrected chi connectivity index (χ1v) is 37.2. The summed E-state index contributed by atoms with van der Waals surface area (Å²) in [6.07, 6.45) is 0. The quantitative estimate of drug-likeness (QED) is 0.0899. The second-order valence-corrected chi connectivity index (χ2v) is 28.4. The number of ether oxygens (including phenoxy) is 2. The van der Waals surface area contributed by atoms with Crippen molar-refractivity contribution in [2.45, 2.75) is 73.3 Å². The number of hydrogen-bond donors (Lipinski definition) is 0. The maximum atomic E-state index is 5.93. The third-order valence-corrected chi connectivity index (χ3v) is 17.8. The highest BCUT2D eigenvalue weighted by atomic mass is 16.5. The van der Waals surface area contributed by atoms with Crippen molar-refractivity contribution >= 4 is 85.3 Å². The van der Waals surface area contributed by atoms with Gasteiger partial charge in [0.15, 0.2) is 0 Å². The topological polar surface area (TPSA) is 34.7 Å². The van der Waals surface area contributed by atoms with Gasteiger partial charge < -0.3 is 34.0 Å². The van der Waals surface area contributed by atoms with Gasteiger partial charge in [-0.1, -0.05) is 250 Å². The van der Waals surface area contributed by atoms with Gasteiger partial charge in [0.2, 0.25) is 0 Å². The summed E-state index contributed by atoms with van der Waals surface area (Å²) in [6.45, 7) is 19.2. The van der Waals surface area contributed by atoms with Gasteiger partial charge >= 0.3 is 0 Å². The van der Waals surface area contributed by atoms with E-state index in [1.54, 1.807) is 7.11 Å². The summed E-state index contributed by atoms with van der Waals surface area (Å²) >= 11 is 0. The van der Waals surface area contributed by atoms with E-state index in [0.717, 1.165) is 45.6 Å². The van der Waals surface area contributed by atoms with Crippen LogP contribution in [0.4, 0.5) is 85.3 Å². The van der Waals surface area contributed by atoms with E-state index in [-0.39, 0.29) is 11.0 Å². The Balaban J connectivity index is 0.000000136. The molecule has 0 fully saturated rings. The lowest BCUT2D eigenvalue weighted by Gasteiger charge is -2.26. The zero-order valence-corrected chi connectivity index (χ0v) is 64.4. The highest BCUT2D eigenvalue weighted by Gasteiger charge is 2.19. The maximum absolute atomic E-state index is 5.93. The first-order chi connectivity index (χ1) is 53.0. The van der Waals surface area contributed by atoms with E-state index in [4.69, 9.17) is 9.47 Å². The van der Waals surface area contributed by atoms with E-state index in [2.05, 4.69) is 439 Å². The van der Waals surface area contributed by atoms with Gasteiger partial charge in [-0.25, -0.2) is 0 Å². The average molecular weight is 1430 g/mol. The molecule has 0 amide bonds. The molecule has 0 aliphatic carbocycles. The van der Waals surface area contributed by atoms with Gasteiger partial charge in [-0.3, -0.25) is 0 Å². The third-order valence-electron chi connectivity index (χ3n) is 17.8. The van der Waals surface area contributed by atoms with Crippen LogP contribution in [-0.4, -0.2) is 12.7 Å². The van der Waals surface area contributed by atoms with E-state index in [1.807, 2.05) is 66.7 Å². The number of para-hydroxylation sites is 9. The molecule has 0 spiro atoms. The molecule has 15 aromatic carbocycles. The molecule has 0 saturated heterocycles. The largest absolute Gasteiger partial charge is 0.497 e. The zero-order valence-electron chi connectivity index (χ0n) is 64.4. The van der Waals surface area contributed by atoms with Crippen molar-refractivity contribution < 1.29 is 9.47 Å². The molecule has 0 saturated carbocycles. The number of methoxy groups -OCH3 is 1. The lowest BCUT2D eigenvalue weighted by atomic mass is 9.87. The predicted molar refractivity (Wildman–Crippen MR) is 465 cm³/mol. The summed E-state index contributed by atoms with van der Waals surface area (Å²) in [6, 6.07) is 145. The molecule has 109 heavy (non-hydrogen) atoms. The van der Waals surface area contributed by atoms with E-state index in [1.165, 1.54) is 73.4 Å². The molecule has 0 radical (unpaired) electrons. The van der Waals surface area contributed by atoms with Crippen LogP contribution in [0.3, 0.4) is 0 Å². The molecule has 0 unspecified atom stereocenters. The van der Waals surface area contributed by atoms with Crippen molar-refractivity contribution in [1.29, 1.82) is 0 Å². The summed E-state index contributed by atoms with van der Waals surface area (Å²) in [5.74, 6) is 1.74. The molecule has 0 N–H and O–H groups in total. The molecule has 0 aromatic heterocycles. The fourth-order valence-electron chi connectivity index (χ4n) is 12.4. The SMILES string of the molecule is CC(C)(C)Oc1ccc(N(c2ccccc2)c2ccccc2)cc1.CC(C)(C)c1ccc(N(c2ccccc2)c2ccccc2)cc1.COc1ccc(N(c2ccccc2)c2ccccc2)cc1.Cc1ccc(N(c2ccccc2)c2ccc(C)cc2)cc1.Cc1ccc(N(c2ccccc2)c2ccccc2)cc1. The molecule has 7 nitrogen and oxygen atoms in total. The van der Waals surface area contributed by atoms with Crippen molar-refractivity contribution in [3.05, 3.63) is 441 Å². The Kier molecular flexibility index (Phi) is 27.0. The molecule has 0 bridgehead atoms. The highest BCUT2D eigenvalue weighted by molar-refractivity contribution is 5.81. The normalized spacial score (nSPS) is 10.7. The summed E-state index contributed by atoms with van der Waals surface area (Å²) in [5.41, 5.74) is 22.4. The summed E-state index contributed by atoms with van der Waals surface area (Å²) in [5, 5.41) is 0. The Morgan fingerprint density at radius 1 is 0.183 bits per heavy atom. The van der Waals surface area contributed by atoms with Crippen molar-refractivity contribution in [1.82, 2.24) is 0 Å². The standard InChI is InChI=1S/C22H23NO.C22H23N.C20H19N.C19H17NO.C19H17N/c1-22(2,3)24-21-16-14-20(15-17-21)23(18-10-6-4-7-11-18)19-12-8-5-9-13-19;1-22(2,3)18-14-16-21(17-15-18)23(19-10-6-4-7-11-19)20-12-8-5-9-13-20;1-16-8-12-19(13-9-16)21(18-6-4-3-5-7-18)20-14-10-17(2)11-15-20;1-21-19-14-12-18(13-15-19)20(16-8-4-2-5-9-16)17-10-6-3-7-11-17;1-16-12-14-19(15-13-16)20(17-8-4-2-5-9-17)18-10-6-3-7-11-18/h4-17H,1-3H3;4-17H,1-3H3;3-15H,1-2H3;2-15H,1H3;2-15H,1H3. The minimum absolute atomic E-state index is 0.169. The van der Waals surface area contributed by atoms with Crippen LogP contribution < -0.4 is 34.0 Å². The number of benzene rings is 15. The molecule has 7 heteroatoms. The van der Waals surface area contributed by atoms with Gasteiger partial charge in [0, 0.05) is 85.3 Å². The molecular formula is C102H99N5O2. The Bertz CT molecular complexity index is 4850. The van der Waals surface area contributed by atoms with Gasteiger partial charge in [0.25, 0.3) is 0 Å². The van der Waals surface area contributed by atoms with Gasteiger partial charge in [-0.15, -0.1) is 0 Å². The zero-order chi connectivity index (χ0) is 76.2. The Hall–Kier alpha value is -13.1. The summed E-state index contributed by atoms with van der Waals surface area (Å²) < 4.78 is 11.2. The molecule has 544 valence electrons. The van der Waals surface area contributed by atoms with Gasteiger partial charge in [0.1, 0.15) is 17.1 Å². The van der Waals surface area contributed by atoms with Gasteiger partial charge in [-0.05, 0) is 259 Å². The van der Waals surface area contributed by atoms with E-state index >= 15 is 0 Å². The van der Waals surface area contributed by atoms with Crippen LogP contribution in [0, 0.1) is 20.8 Å². The van der Waals surface area contributed by atoms with Crippen LogP contribution in [0.2, 0.25) is 0 Å². The maximum Gasteiger partial charge on any atom is 0.120 e. The van der Waals surface area contributed by atoms with Crippen molar-refractivity contribution in [2.24, 2.45) is 0 Å². The van der Waals surface area contributed by atoms with Crippen molar-refractivity contribution in [2.75, 3.05) is 31.6 Å². The number of aryl methyl sites for hydroxylation is 3. The van der Waals surface area contributed by atoms with E-state index in [0.29, 0.717) is 0 Å². The van der Waals surface area contributed by atoms with E-state index < -0.39 is 0 Å². The Labute approximate surface area is 648 Å². The number of hydrogen-bond acceptors (Lipinski definition) is 7. The second kappa shape index (κ2) is 38.3. The highest BCUT2D eigenvalue weighted by Crippen LogP contribution is 2.41. The monoisotopic (exact) mass is 1430 g/mol. The fraction of sp³-hybridized carbons (Fsp3) is 0.118. The van der Waals surface area contributed by atoms with Gasteiger partial charge in [-0.2, -0.15) is 0 Å². The minimum atomic E-state index is -0.194. The van der Waals surface area contributed by atoms with Crippen LogP contribution in [0.1, 0.15) is 63.8 Å². The molecule has 0 aliphatic heterocycles. The summed E-state index contributed by atoms with van der Waals surface area (Å²) in [4.78, 5) is 11.3. The molecule has 0 aliphatic rings. The number of nitrogens with zero attached hydrogens (tertiary/aromatic N) is 5. The summed E-state index contributed by atoms with van der Waals surface area (Å²) in [7, 11) is 1.68. The Morgan fingerprint density at radius 3 is 0.505 bits per heavy atom. The molecule has 0 atom stereocenters. The molecule has 15 rings (SSSR count). The molecular weight excluding hydrogens is 1330 g/mol. The van der Waals surface area contributed by atoms with Crippen LogP contribution >= 0.6 is 0 Å². The smallest absolute Gasteiger partial charge is 0.120 e. The van der Waals surface area contributed by atoms with Crippen LogP contribution in [0.25, 0.3) is 0 Å². The van der Waals surface area contributed by atoms with Crippen molar-refractivity contribution in [3.63, 3.8) is 0 Å².